The minimum atomic E-state index is -2.17. The molecule has 6 atom stereocenters. The molecule has 1 aromatic carbocycles. The van der Waals surface area contributed by atoms with Gasteiger partial charge in [-0.3, -0.25) is 14.4 Å². The van der Waals surface area contributed by atoms with E-state index in [1.54, 1.807) is 6.92 Å². The zero-order chi connectivity index (χ0) is 28.4. The minimum absolute atomic E-state index is 0.0192. The highest BCUT2D eigenvalue weighted by molar-refractivity contribution is 6.21. The quantitative estimate of drug-likeness (QED) is 0.272. The molecule has 0 spiro atoms. The van der Waals surface area contributed by atoms with Crippen LogP contribution in [-0.2, 0) is 30.2 Å². The topological polar surface area (TPSA) is 206 Å². The van der Waals surface area contributed by atoms with Crippen LogP contribution in [0.3, 0.4) is 0 Å². The molecule has 39 heavy (non-hydrogen) atoms. The van der Waals surface area contributed by atoms with Crippen molar-refractivity contribution in [2.75, 3.05) is 13.7 Å². The van der Waals surface area contributed by atoms with Crippen LogP contribution in [-0.4, -0.2) is 86.7 Å². The molecule has 5 rings (SSSR count). The average Bonchev–Trinajstić information content (AvgIpc) is 2.88. The van der Waals surface area contributed by atoms with Crippen LogP contribution in [0.25, 0.3) is 6.08 Å². The molecule has 0 unspecified atom stereocenters. The maximum Gasteiger partial charge on any atom is 0.201 e. The zero-order valence-corrected chi connectivity index (χ0v) is 21.5. The fraction of sp³-hybridized carbons (Fsp3) is 0.519. The third-order valence-corrected chi connectivity index (χ3v) is 8.04. The monoisotopic (exact) mass is 545 g/mol. The van der Waals surface area contributed by atoms with Gasteiger partial charge >= 0.3 is 0 Å². The summed E-state index contributed by atoms with van der Waals surface area (Å²) >= 11 is 0. The Kier molecular flexibility index (Phi) is 6.90. The van der Waals surface area contributed by atoms with Crippen LogP contribution in [0.1, 0.15) is 65.8 Å². The number of hydrogen-bond acceptors (Lipinski definition) is 12. The maximum absolute atomic E-state index is 13.7. The van der Waals surface area contributed by atoms with Crippen molar-refractivity contribution in [3.63, 3.8) is 0 Å². The molecule has 7 N–H and O–H groups in total. The fourth-order valence-electron chi connectivity index (χ4n) is 5.99. The van der Waals surface area contributed by atoms with E-state index in [0.29, 0.717) is 5.57 Å². The van der Waals surface area contributed by atoms with E-state index in [2.05, 4.69) is 0 Å². The lowest BCUT2D eigenvalue weighted by Gasteiger charge is -2.42. The molecule has 0 aromatic heterocycles. The lowest BCUT2D eigenvalue weighted by molar-refractivity contribution is -0.247. The van der Waals surface area contributed by atoms with Gasteiger partial charge in [-0.1, -0.05) is 0 Å². The number of carbonyl (C=O) groups excluding carboxylic acids is 3. The maximum atomic E-state index is 13.7. The van der Waals surface area contributed by atoms with E-state index >= 15 is 0 Å². The first-order valence-electron chi connectivity index (χ1n) is 12.7. The van der Waals surface area contributed by atoms with E-state index in [9.17, 15) is 39.9 Å². The molecule has 1 aliphatic heterocycles. The number of allylic oxidation sites excluding steroid dienone is 3. The average molecular weight is 546 g/mol. The second-order valence-electron chi connectivity index (χ2n) is 10.6. The molecule has 1 heterocycles. The summed E-state index contributed by atoms with van der Waals surface area (Å²) in [5.74, 6) is -2.61. The molecule has 0 amide bonds. The van der Waals surface area contributed by atoms with Gasteiger partial charge in [-0.2, -0.15) is 0 Å². The Hall–Kier alpha value is -3.13. The summed E-state index contributed by atoms with van der Waals surface area (Å²) in [6, 6.07) is -0.705. The number of phenolic OH excluding ortho intramolecular Hbond substituents is 2. The Morgan fingerprint density at radius 2 is 1.95 bits per heavy atom. The molecule has 1 saturated heterocycles. The van der Waals surface area contributed by atoms with Crippen molar-refractivity contribution in [1.82, 2.24) is 0 Å². The lowest BCUT2D eigenvalue weighted by atomic mass is 9.71. The van der Waals surface area contributed by atoms with Crippen molar-refractivity contribution in [2.45, 2.75) is 75.3 Å². The number of hydrogen-bond donors (Lipinski definition) is 6. The Labute approximate surface area is 223 Å². The highest BCUT2D eigenvalue weighted by atomic mass is 16.7. The number of Topliss-reactive ketones (excluding diaryl/α,β-unsaturated/α-hetero) is 3. The summed E-state index contributed by atoms with van der Waals surface area (Å²) in [6.45, 7) is 0.613. The summed E-state index contributed by atoms with van der Waals surface area (Å²) in [5.41, 5.74) is 3.93. The number of phenols is 2. The van der Waals surface area contributed by atoms with Crippen molar-refractivity contribution < 1.29 is 54.1 Å². The first kappa shape index (κ1) is 27.4. The Bertz CT molecular complexity index is 1320. The number of aromatic hydroxyl groups is 2. The number of aliphatic hydroxyl groups is 3. The molecular weight excluding hydrogens is 514 g/mol. The van der Waals surface area contributed by atoms with Gasteiger partial charge in [-0.15, -0.1) is 0 Å². The second-order valence-corrected chi connectivity index (χ2v) is 10.6. The first-order valence-corrected chi connectivity index (χ1v) is 12.7. The van der Waals surface area contributed by atoms with Crippen LogP contribution in [0.2, 0.25) is 0 Å². The number of methoxy groups -OCH3 is 1. The number of rotatable bonds is 5. The molecule has 0 saturated carbocycles. The Morgan fingerprint density at radius 1 is 1.23 bits per heavy atom. The Balaban J connectivity index is 1.67. The molecule has 4 aliphatic rings. The standard InChI is InChI=1S/C27H31NO11/c1-10-23(32)15(28)6-19(38-10)39-17-8-27(36,18(31)9-29)7-14-21(17)26(35)22-13(24(14)33)4-11-3-12(30)5-16(37-2)20(11)25(22)34/h4,10,15,17,19,23,29,32-33,35-36H,3,5-9,28H2,1-2H3/t10-,15-,17-,19-,23+,27-/m0/s1. The van der Waals surface area contributed by atoms with Gasteiger partial charge < -0.3 is 45.5 Å². The molecule has 12 heteroatoms. The van der Waals surface area contributed by atoms with E-state index in [4.69, 9.17) is 19.9 Å². The van der Waals surface area contributed by atoms with E-state index in [0.717, 1.165) is 0 Å². The number of ketones is 3. The van der Waals surface area contributed by atoms with Crippen molar-refractivity contribution in [2.24, 2.45) is 5.73 Å². The lowest BCUT2D eigenvalue weighted by Crippen LogP contribution is -2.53. The fourth-order valence-corrected chi connectivity index (χ4v) is 5.99. The highest BCUT2D eigenvalue weighted by Crippen LogP contribution is 2.53. The largest absolute Gasteiger partial charge is 0.507 e. The third-order valence-electron chi connectivity index (χ3n) is 8.04. The molecular formula is C27H31NO11. The molecule has 3 aliphatic carbocycles. The van der Waals surface area contributed by atoms with Gasteiger partial charge in [0, 0.05) is 48.4 Å². The van der Waals surface area contributed by atoms with Crippen molar-refractivity contribution >= 4 is 23.4 Å². The van der Waals surface area contributed by atoms with Crippen LogP contribution in [0.4, 0.5) is 0 Å². The smallest absolute Gasteiger partial charge is 0.201 e. The Morgan fingerprint density at radius 3 is 2.59 bits per heavy atom. The molecule has 210 valence electrons. The first-order chi connectivity index (χ1) is 18.4. The van der Waals surface area contributed by atoms with Crippen LogP contribution in [0.5, 0.6) is 11.5 Å². The molecule has 0 bridgehead atoms. The molecule has 1 fully saturated rings. The number of carbonyl (C=O) groups is 3. The SMILES string of the molecule is COC1=C2C(=O)c3c(O)c4c(c(O)c3C=C2CC(=O)C1)C[C@@](O)(C(=O)CO)C[C@@H]4O[C@H]1C[C@H](N)[C@H](O)[C@H](C)O1. The summed E-state index contributed by atoms with van der Waals surface area (Å²) in [7, 11) is 1.33. The van der Waals surface area contributed by atoms with Gasteiger partial charge in [-0.05, 0) is 18.6 Å². The zero-order valence-electron chi connectivity index (χ0n) is 21.5. The number of nitrogens with two attached hydrogens (primary N) is 1. The second kappa shape index (κ2) is 9.81. The van der Waals surface area contributed by atoms with Crippen LogP contribution in [0, 0.1) is 0 Å². The van der Waals surface area contributed by atoms with Crippen molar-refractivity contribution in [1.29, 1.82) is 0 Å². The van der Waals surface area contributed by atoms with Crippen molar-refractivity contribution in [3.8, 4) is 11.5 Å². The number of aliphatic hydroxyl groups excluding tert-OH is 2. The summed E-state index contributed by atoms with van der Waals surface area (Å²) in [6.07, 6.45) is -3.55. The van der Waals surface area contributed by atoms with Gasteiger partial charge in [-0.25, -0.2) is 0 Å². The van der Waals surface area contributed by atoms with Gasteiger partial charge in [0.05, 0.1) is 43.0 Å². The predicted octanol–water partition coefficient (Wildman–Crippen LogP) is 0.0604. The molecule has 0 radical (unpaired) electrons. The molecule has 1 aromatic rings. The summed E-state index contributed by atoms with van der Waals surface area (Å²) in [4.78, 5) is 38.5. The van der Waals surface area contributed by atoms with Crippen LogP contribution < -0.4 is 5.73 Å². The number of ether oxygens (including phenoxy) is 3. The summed E-state index contributed by atoms with van der Waals surface area (Å²) < 4.78 is 17.1. The van der Waals surface area contributed by atoms with Gasteiger partial charge in [0.2, 0.25) is 5.78 Å². The normalized spacial score (nSPS) is 32.3. The van der Waals surface area contributed by atoms with Gasteiger partial charge in [0.25, 0.3) is 0 Å². The van der Waals surface area contributed by atoms with Crippen LogP contribution >= 0.6 is 0 Å². The highest BCUT2D eigenvalue weighted by Gasteiger charge is 2.49. The van der Waals surface area contributed by atoms with Gasteiger partial charge in [0.15, 0.2) is 12.1 Å². The number of benzene rings is 1. The number of fused-ring (bicyclic) bond motifs is 3. The van der Waals surface area contributed by atoms with E-state index in [1.165, 1.54) is 13.2 Å². The van der Waals surface area contributed by atoms with Gasteiger partial charge in [0.1, 0.15) is 35.2 Å². The van der Waals surface area contributed by atoms with Crippen LogP contribution in [0.15, 0.2) is 16.9 Å². The van der Waals surface area contributed by atoms with E-state index in [-0.39, 0.29) is 58.6 Å². The van der Waals surface area contributed by atoms with E-state index < -0.39 is 78.8 Å². The summed E-state index contributed by atoms with van der Waals surface area (Å²) in [5, 5.41) is 53.8. The minimum Gasteiger partial charge on any atom is -0.507 e. The third kappa shape index (κ3) is 4.37. The van der Waals surface area contributed by atoms with Crippen molar-refractivity contribution in [3.05, 3.63) is 39.2 Å². The van der Waals surface area contributed by atoms with E-state index in [1.807, 2.05) is 0 Å². The molecule has 12 nitrogen and oxygen atoms in total. The predicted molar refractivity (Wildman–Crippen MR) is 132 cm³/mol.